The fourth-order valence-corrected chi connectivity index (χ4v) is 5.19. The summed E-state index contributed by atoms with van der Waals surface area (Å²) in [4.78, 5) is 29.2. The number of halogens is 3. The van der Waals surface area contributed by atoms with Gasteiger partial charge in [0.1, 0.15) is 11.6 Å². The monoisotopic (exact) mass is 529 g/mol. The van der Waals surface area contributed by atoms with Crippen molar-refractivity contribution in [1.29, 1.82) is 0 Å². The number of hydrogen-bond acceptors (Lipinski definition) is 5. The first kappa shape index (κ1) is 27.4. The minimum Gasteiger partial charge on any atom is -0.497 e. The molecule has 10 heteroatoms. The van der Waals surface area contributed by atoms with Gasteiger partial charge in [-0.2, -0.15) is 13.2 Å². The third kappa shape index (κ3) is 6.61. The minimum atomic E-state index is -5.08. The van der Waals surface area contributed by atoms with Crippen LogP contribution in [0.15, 0.2) is 65.5 Å². The first-order chi connectivity index (χ1) is 18.1. The average molecular weight is 530 g/mol. The second-order valence-electron chi connectivity index (χ2n) is 9.78. The van der Waals surface area contributed by atoms with Crippen LogP contribution in [0.3, 0.4) is 0 Å². The molecule has 202 valence electrons. The van der Waals surface area contributed by atoms with Gasteiger partial charge in [0.25, 0.3) is 5.56 Å². The molecule has 3 heterocycles. The number of ether oxygens (including phenoxy) is 1. The van der Waals surface area contributed by atoms with Gasteiger partial charge < -0.3 is 9.84 Å². The van der Waals surface area contributed by atoms with Crippen LogP contribution < -0.4 is 10.3 Å². The topological polar surface area (TPSA) is 84.7 Å². The van der Waals surface area contributed by atoms with Crippen molar-refractivity contribution in [2.24, 2.45) is 5.41 Å². The fourth-order valence-electron chi connectivity index (χ4n) is 5.19. The van der Waals surface area contributed by atoms with E-state index >= 15 is 0 Å². The van der Waals surface area contributed by atoms with Crippen molar-refractivity contribution < 1.29 is 27.8 Å². The molecule has 1 fully saturated rings. The summed E-state index contributed by atoms with van der Waals surface area (Å²) < 4.78 is 39.0. The molecule has 1 saturated heterocycles. The predicted octanol–water partition coefficient (Wildman–Crippen LogP) is 4.78. The second-order valence-corrected chi connectivity index (χ2v) is 9.78. The van der Waals surface area contributed by atoms with Gasteiger partial charge in [-0.3, -0.25) is 14.3 Å². The molecule has 7 nitrogen and oxygen atoms in total. The predicted molar refractivity (Wildman–Crippen MR) is 136 cm³/mol. The summed E-state index contributed by atoms with van der Waals surface area (Å²) in [5, 5.41) is 7.12. The number of nitrogens with zero attached hydrogens (tertiary/aromatic N) is 3. The molecule has 1 atom stereocenters. The molecular formula is C28H30F3N3O4. The molecule has 5 rings (SSSR count). The third-order valence-corrected chi connectivity index (χ3v) is 7.20. The van der Waals surface area contributed by atoms with Crippen molar-refractivity contribution >= 4 is 5.97 Å². The van der Waals surface area contributed by atoms with Crippen molar-refractivity contribution in [1.82, 2.24) is 14.5 Å². The number of aromatic nitrogens is 2. The number of aliphatic carboxylic acids is 1. The van der Waals surface area contributed by atoms with Gasteiger partial charge in [0.2, 0.25) is 0 Å². The number of carboxylic acids is 1. The quantitative estimate of drug-likeness (QED) is 0.524. The van der Waals surface area contributed by atoms with E-state index in [0.29, 0.717) is 0 Å². The zero-order chi connectivity index (χ0) is 27.3. The normalized spacial score (nSPS) is 19.3. The number of methoxy groups -OCH3 is 1. The molecule has 2 aliphatic heterocycles. The number of benzene rings is 2. The Morgan fingerprint density at radius 1 is 1.05 bits per heavy atom. The molecule has 1 spiro atoms. The van der Waals surface area contributed by atoms with Gasteiger partial charge in [0, 0.05) is 37.7 Å². The number of carbonyl (C=O) groups is 1. The molecule has 0 radical (unpaired) electrons. The Kier molecular flexibility index (Phi) is 8.20. The molecular weight excluding hydrogens is 499 g/mol. The number of fused-ring (bicyclic) bond motifs is 1. The van der Waals surface area contributed by atoms with Gasteiger partial charge in [-0.25, -0.2) is 9.78 Å². The summed E-state index contributed by atoms with van der Waals surface area (Å²) in [6.07, 6.45) is -0.901. The lowest BCUT2D eigenvalue weighted by atomic mass is 9.80. The first-order valence-electron chi connectivity index (χ1n) is 12.4. The number of likely N-dealkylation sites (tertiary alicyclic amines) is 1. The summed E-state index contributed by atoms with van der Waals surface area (Å²) in [5.41, 5.74) is 3.43. The molecule has 3 aromatic rings. The lowest BCUT2D eigenvalue weighted by Crippen LogP contribution is -2.28. The molecule has 0 amide bonds. The molecule has 1 unspecified atom stereocenters. The van der Waals surface area contributed by atoms with E-state index in [1.807, 2.05) is 41.0 Å². The van der Waals surface area contributed by atoms with Gasteiger partial charge in [-0.15, -0.1) is 0 Å². The zero-order valence-corrected chi connectivity index (χ0v) is 21.1. The van der Waals surface area contributed by atoms with Gasteiger partial charge in [-0.05, 0) is 48.9 Å². The highest BCUT2D eigenvalue weighted by molar-refractivity contribution is 5.73. The Morgan fingerprint density at radius 2 is 1.76 bits per heavy atom. The van der Waals surface area contributed by atoms with Crippen molar-refractivity contribution in [2.45, 2.75) is 44.9 Å². The molecule has 0 bridgehead atoms. The van der Waals surface area contributed by atoms with Gasteiger partial charge in [0.05, 0.1) is 12.8 Å². The molecule has 0 saturated carbocycles. The lowest BCUT2D eigenvalue weighted by molar-refractivity contribution is -0.192. The summed E-state index contributed by atoms with van der Waals surface area (Å²) in [5.74, 6) is -0.905. The standard InChI is InChI=1S/C26H29N3O2.C2HF3O2/c1-31-22-9-5-6-20(16-22)18-28-14-12-26(19-28)11-10-24-27-23(21-7-3-2-4-8-21)17-25(30)29(24)15-13-26;3-2(4,5)1(6)7/h2-9,16-17H,10-15,18-19H2,1H3;(H,6,7). The Labute approximate surface area is 218 Å². The maximum absolute atomic E-state index is 12.9. The van der Waals surface area contributed by atoms with Gasteiger partial charge in [-0.1, -0.05) is 42.5 Å². The van der Waals surface area contributed by atoms with E-state index < -0.39 is 12.1 Å². The van der Waals surface area contributed by atoms with Crippen LogP contribution in [-0.4, -0.2) is 51.9 Å². The van der Waals surface area contributed by atoms with Crippen LogP contribution in [0.4, 0.5) is 13.2 Å². The number of carboxylic acid groups (broad SMARTS) is 1. The van der Waals surface area contributed by atoms with E-state index in [1.54, 1.807) is 13.2 Å². The maximum atomic E-state index is 12.9. The molecule has 0 aliphatic carbocycles. The molecule has 38 heavy (non-hydrogen) atoms. The first-order valence-corrected chi connectivity index (χ1v) is 12.4. The smallest absolute Gasteiger partial charge is 0.490 e. The van der Waals surface area contributed by atoms with Crippen LogP contribution in [0.25, 0.3) is 11.3 Å². The van der Waals surface area contributed by atoms with Crippen molar-refractivity contribution in [3.8, 4) is 17.0 Å². The highest BCUT2D eigenvalue weighted by Crippen LogP contribution is 2.41. The number of hydrogen-bond donors (Lipinski definition) is 1. The largest absolute Gasteiger partial charge is 0.497 e. The summed E-state index contributed by atoms with van der Waals surface area (Å²) in [6.45, 7) is 3.90. The van der Waals surface area contributed by atoms with Crippen molar-refractivity contribution in [3.63, 3.8) is 0 Å². The number of alkyl halides is 3. The van der Waals surface area contributed by atoms with Crippen LogP contribution >= 0.6 is 0 Å². The second kappa shape index (κ2) is 11.4. The number of aryl methyl sites for hydroxylation is 1. The van der Waals surface area contributed by atoms with E-state index in [9.17, 15) is 18.0 Å². The van der Waals surface area contributed by atoms with Gasteiger partial charge in [0.15, 0.2) is 0 Å². The highest BCUT2D eigenvalue weighted by atomic mass is 19.4. The van der Waals surface area contributed by atoms with Crippen LogP contribution in [0.5, 0.6) is 5.75 Å². The molecule has 1 N–H and O–H groups in total. The van der Waals surface area contributed by atoms with Gasteiger partial charge >= 0.3 is 12.1 Å². The summed E-state index contributed by atoms with van der Waals surface area (Å²) >= 11 is 0. The van der Waals surface area contributed by atoms with Crippen LogP contribution in [-0.2, 0) is 24.3 Å². The van der Waals surface area contributed by atoms with E-state index in [4.69, 9.17) is 19.6 Å². The fraction of sp³-hybridized carbons (Fsp3) is 0.393. The summed E-state index contributed by atoms with van der Waals surface area (Å²) in [7, 11) is 1.71. The Bertz CT molecular complexity index is 1330. The molecule has 1 aromatic heterocycles. The Hall–Kier alpha value is -3.66. The van der Waals surface area contributed by atoms with Crippen molar-refractivity contribution in [3.05, 3.63) is 82.4 Å². The maximum Gasteiger partial charge on any atom is 0.490 e. The minimum absolute atomic E-state index is 0.0761. The number of rotatable bonds is 4. The van der Waals surface area contributed by atoms with E-state index in [-0.39, 0.29) is 11.0 Å². The van der Waals surface area contributed by atoms with E-state index in [2.05, 4.69) is 23.1 Å². The SMILES string of the molecule is COc1cccc(CN2CCC3(CCc4nc(-c5ccccc5)cc(=O)n4CC3)C2)c1.O=C(O)C(F)(F)F. The summed E-state index contributed by atoms with van der Waals surface area (Å²) in [6, 6.07) is 20.1. The van der Waals surface area contributed by atoms with Crippen LogP contribution in [0.2, 0.25) is 0 Å². The molecule has 2 aromatic carbocycles. The third-order valence-electron chi connectivity index (χ3n) is 7.20. The van der Waals surface area contributed by atoms with Crippen LogP contribution in [0, 0.1) is 5.41 Å². The Balaban J connectivity index is 0.000000426. The van der Waals surface area contributed by atoms with Crippen molar-refractivity contribution in [2.75, 3.05) is 20.2 Å². The van der Waals surface area contributed by atoms with E-state index in [0.717, 1.165) is 68.3 Å². The highest BCUT2D eigenvalue weighted by Gasteiger charge is 2.39. The Morgan fingerprint density at radius 3 is 2.45 bits per heavy atom. The average Bonchev–Trinajstić information content (AvgIpc) is 3.19. The molecule has 2 aliphatic rings. The zero-order valence-electron chi connectivity index (χ0n) is 21.1. The lowest BCUT2D eigenvalue weighted by Gasteiger charge is -2.27. The van der Waals surface area contributed by atoms with Crippen LogP contribution in [0.1, 0.15) is 30.7 Å². The van der Waals surface area contributed by atoms with E-state index in [1.165, 1.54) is 12.0 Å².